The van der Waals surface area contributed by atoms with E-state index >= 15 is 0 Å². The van der Waals surface area contributed by atoms with Gasteiger partial charge in [-0.1, -0.05) is 25.4 Å². The van der Waals surface area contributed by atoms with Gasteiger partial charge in [0.2, 0.25) is 0 Å². The molecule has 2 rings (SSSR count). The van der Waals surface area contributed by atoms with Gasteiger partial charge >= 0.3 is 0 Å². The molecule has 1 atom stereocenters. The van der Waals surface area contributed by atoms with Crippen LogP contribution < -0.4 is 5.73 Å². The first kappa shape index (κ1) is 14.3. The van der Waals surface area contributed by atoms with Crippen LogP contribution in [0.5, 0.6) is 0 Å². The van der Waals surface area contributed by atoms with Crippen molar-refractivity contribution in [1.82, 2.24) is 4.90 Å². The SMILES string of the molecule is CC(C)CCN(C1CC1)C(CN)c1ccc(Cl)s1. The van der Waals surface area contributed by atoms with E-state index in [1.54, 1.807) is 11.3 Å². The minimum Gasteiger partial charge on any atom is -0.329 e. The number of hydrogen-bond donors (Lipinski definition) is 1. The minimum atomic E-state index is 0.355. The molecular formula is C14H23ClN2S. The van der Waals surface area contributed by atoms with Crippen molar-refractivity contribution in [2.75, 3.05) is 13.1 Å². The van der Waals surface area contributed by atoms with Gasteiger partial charge in [-0.2, -0.15) is 0 Å². The molecule has 0 saturated heterocycles. The summed E-state index contributed by atoms with van der Waals surface area (Å²) in [6, 6.07) is 5.22. The molecule has 0 radical (unpaired) electrons. The van der Waals surface area contributed by atoms with Gasteiger partial charge in [0, 0.05) is 17.5 Å². The Morgan fingerprint density at radius 1 is 1.44 bits per heavy atom. The summed E-state index contributed by atoms with van der Waals surface area (Å²) in [5.74, 6) is 0.747. The van der Waals surface area contributed by atoms with Gasteiger partial charge in [0.25, 0.3) is 0 Å². The van der Waals surface area contributed by atoms with Crippen LogP contribution in [0.2, 0.25) is 4.34 Å². The molecule has 18 heavy (non-hydrogen) atoms. The second-order valence-electron chi connectivity index (χ2n) is 5.54. The van der Waals surface area contributed by atoms with Crippen LogP contribution in [0.3, 0.4) is 0 Å². The van der Waals surface area contributed by atoms with Gasteiger partial charge in [0.1, 0.15) is 0 Å². The summed E-state index contributed by atoms with van der Waals surface area (Å²) in [6.45, 7) is 6.40. The van der Waals surface area contributed by atoms with Crippen molar-refractivity contribution in [3.8, 4) is 0 Å². The van der Waals surface area contributed by atoms with E-state index in [1.165, 1.54) is 24.1 Å². The average molecular weight is 287 g/mol. The summed E-state index contributed by atoms with van der Waals surface area (Å²) < 4.78 is 0.864. The third-order valence-electron chi connectivity index (χ3n) is 3.53. The van der Waals surface area contributed by atoms with Crippen LogP contribution in [-0.2, 0) is 0 Å². The highest BCUT2D eigenvalue weighted by Crippen LogP contribution is 2.37. The third-order valence-corrected chi connectivity index (χ3v) is 4.86. The lowest BCUT2D eigenvalue weighted by Gasteiger charge is -2.31. The number of thiophene rings is 1. The Hall–Kier alpha value is -0.0900. The van der Waals surface area contributed by atoms with E-state index in [2.05, 4.69) is 24.8 Å². The Labute approximate surface area is 119 Å². The molecule has 1 fully saturated rings. The molecule has 0 aliphatic heterocycles. The van der Waals surface area contributed by atoms with Crippen LogP contribution in [0.15, 0.2) is 12.1 Å². The van der Waals surface area contributed by atoms with Gasteiger partial charge in [-0.3, -0.25) is 4.90 Å². The molecular weight excluding hydrogens is 264 g/mol. The lowest BCUT2D eigenvalue weighted by atomic mass is 10.1. The number of halogens is 1. The average Bonchev–Trinajstić information content (AvgIpc) is 3.07. The summed E-state index contributed by atoms with van der Waals surface area (Å²) >= 11 is 7.72. The molecule has 0 spiro atoms. The Bertz CT molecular complexity index is 374. The van der Waals surface area contributed by atoms with Gasteiger partial charge < -0.3 is 5.73 Å². The molecule has 2 nitrogen and oxygen atoms in total. The number of nitrogens with zero attached hydrogens (tertiary/aromatic N) is 1. The van der Waals surface area contributed by atoms with Crippen LogP contribution in [-0.4, -0.2) is 24.0 Å². The molecule has 1 aliphatic rings. The lowest BCUT2D eigenvalue weighted by molar-refractivity contribution is 0.183. The topological polar surface area (TPSA) is 29.3 Å². The quantitative estimate of drug-likeness (QED) is 0.823. The first-order chi connectivity index (χ1) is 8.61. The lowest BCUT2D eigenvalue weighted by Crippen LogP contribution is -2.36. The molecule has 1 heterocycles. The van der Waals surface area contributed by atoms with Crippen LogP contribution in [0.4, 0.5) is 0 Å². The van der Waals surface area contributed by atoms with E-state index in [4.69, 9.17) is 17.3 Å². The summed E-state index contributed by atoms with van der Waals surface area (Å²) in [5, 5.41) is 0. The Balaban J connectivity index is 2.06. The van der Waals surface area contributed by atoms with E-state index in [-0.39, 0.29) is 0 Å². The van der Waals surface area contributed by atoms with E-state index in [1.807, 2.05) is 6.07 Å². The first-order valence-corrected chi connectivity index (χ1v) is 8.02. The zero-order valence-electron chi connectivity index (χ0n) is 11.2. The highest BCUT2D eigenvalue weighted by Gasteiger charge is 2.34. The largest absolute Gasteiger partial charge is 0.329 e. The Morgan fingerprint density at radius 2 is 2.17 bits per heavy atom. The van der Waals surface area contributed by atoms with Crippen molar-refractivity contribution >= 4 is 22.9 Å². The predicted octanol–water partition coefficient (Wildman–Crippen LogP) is 3.91. The molecule has 1 unspecified atom stereocenters. The normalized spacial score (nSPS) is 17.7. The number of hydrogen-bond acceptors (Lipinski definition) is 3. The Morgan fingerprint density at radius 3 is 2.61 bits per heavy atom. The minimum absolute atomic E-state index is 0.355. The second kappa shape index (κ2) is 6.38. The number of nitrogens with two attached hydrogens (primary N) is 1. The Kier molecular flexibility index (Phi) is 5.07. The standard InChI is InChI=1S/C14H23ClN2S/c1-10(2)7-8-17(11-3-4-11)12(9-16)13-5-6-14(15)18-13/h5-6,10-12H,3-4,7-9,16H2,1-2H3. The highest BCUT2D eigenvalue weighted by atomic mass is 35.5. The maximum absolute atomic E-state index is 6.05. The van der Waals surface area contributed by atoms with Gasteiger partial charge in [0.05, 0.1) is 10.4 Å². The molecule has 0 aromatic carbocycles. The monoisotopic (exact) mass is 286 g/mol. The summed E-state index contributed by atoms with van der Waals surface area (Å²) in [6.07, 6.45) is 3.90. The van der Waals surface area contributed by atoms with E-state index < -0.39 is 0 Å². The van der Waals surface area contributed by atoms with Crippen LogP contribution in [0.1, 0.15) is 44.0 Å². The molecule has 1 saturated carbocycles. The zero-order chi connectivity index (χ0) is 13.1. The molecule has 0 bridgehead atoms. The van der Waals surface area contributed by atoms with E-state index in [9.17, 15) is 0 Å². The summed E-state index contributed by atoms with van der Waals surface area (Å²) in [4.78, 5) is 3.92. The van der Waals surface area contributed by atoms with Gasteiger partial charge in [0.15, 0.2) is 0 Å². The summed E-state index contributed by atoms with van der Waals surface area (Å²) in [5.41, 5.74) is 6.01. The molecule has 2 N–H and O–H groups in total. The molecule has 102 valence electrons. The molecule has 1 aliphatic carbocycles. The zero-order valence-corrected chi connectivity index (χ0v) is 12.8. The molecule has 1 aromatic heterocycles. The van der Waals surface area contributed by atoms with Crippen molar-refractivity contribution in [3.05, 3.63) is 21.3 Å². The van der Waals surface area contributed by atoms with Crippen LogP contribution >= 0.6 is 22.9 Å². The summed E-state index contributed by atoms with van der Waals surface area (Å²) in [7, 11) is 0. The fourth-order valence-corrected chi connectivity index (χ4v) is 3.52. The van der Waals surface area contributed by atoms with Crippen molar-refractivity contribution < 1.29 is 0 Å². The van der Waals surface area contributed by atoms with Gasteiger partial charge in [-0.25, -0.2) is 0 Å². The van der Waals surface area contributed by atoms with E-state index in [0.29, 0.717) is 12.6 Å². The van der Waals surface area contributed by atoms with Gasteiger partial charge in [-0.05, 0) is 43.9 Å². The van der Waals surface area contributed by atoms with Crippen LogP contribution in [0.25, 0.3) is 0 Å². The molecule has 4 heteroatoms. The number of rotatable bonds is 7. The first-order valence-electron chi connectivity index (χ1n) is 6.83. The maximum atomic E-state index is 6.05. The van der Waals surface area contributed by atoms with Crippen molar-refractivity contribution in [1.29, 1.82) is 0 Å². The van der Waals surface area contributed by atoms with E-state index in [0.717, 1.165) is 22.8 Å². The van der Waals surface area contributed by atoms with Crippen molar-refractivity contribution in [3.63, 3.8) is 0 Å². The van der Waals surface area contributed by atoms with Gasteiger partial charge in [-0.15, -0.1) is 11.3 Å². The molecule has 0 amide bonds. The smallest absolute Gasteiger partial charge is 0.0931 e. The fourth-order valence-electron chi connectivity index (χ4n) is 2.33. The highest BCUT2D eigenvalue weighted by molar-refractivity contribution is 7.16. The second-order valence-corrected chi connectivity index (χ2v) is 7.29. The third kappa shape index (κ3) is 3.70. The predicted molar refractivity (Wildman–Crippen MR) is 80.3 cm³/mol. The fraction of sp³-hybridized carbons (Fsp3) is 0.714. The van der Waals surface area contributed by atoms with Crippen molar-refractivity contribution in [2.24, 2.45) is 11.7 Å². The maximum Gasteiger partial charge on any atom is 0.0931 e. The molecule has 1 aromatic rings. The van der Waals surface area contributed by atoms with Crippen molar-refractivity contribution in [2.45, 2.75) is 45.2 Å². The van der Waals surface area contributed by atoms with Crippen LogP contribution in [0, 0.1) is 5.92 Å².